The number of pyridine rings is 1. The Hall–Kier alpha value is -5.91. The number of non-ortho nitro benzene ring substituents is 1. The van der Waals surface area contributed by atoms with Crippen molar-refractivity contribution in [1.29, 1.82) is 0 Å². The van der Waals surface area contributed by atoms with Crippen LogP contribution in [-0.2, 0) is 11.3 Å². The van der Waals surface area contributed by atoms with Crippen LogP contribution in [0.2, 0.25) is 0 Å². The van der Waals surface area contributed by atoms with Crippen LogP contribution in [0.25, 0.3) is 21.8 Å². The van der Waals surface area contributed by atoms with Crippen LogP contribution < -0.4 is 15.6 Å². The maximum absolute atomic E-state index is 12.9. The lowest BCUT2D eigenvalue weighted by atomic mass is 10.1. The van der Waals surface area contributed by atoms with E-state index in [1.807, 2.05) is 0 Å². The molecule has 0 aliphatic rings. The van der Waals surface area contributed by atoms with Gasteiger partial charge in [-0.1, -0.05) is 36.4 Å². The van der Waals surface area contributed by atoms with Gasteiger partial charge in [-0.3, -0.25) is 29.8 Å². The molecular weight excluding hydrogens is 518 g/mol. The normalized spacial score (nSPS) is 11.1. The number of nitrogens with one attached hydrogen (secondary N) is 1. The number of hydrogen-bond donors (Lipinski definition) is 1. The highest BCUT2D eigenvalue weighted by molar-refractivity contribution is 5.95. The van der Waals surface area contributed by atoms with Crippen LogP contribution in [0.5, 0.6) is 11.5 Å². The predicted molar refractivity (Wildman–Crippen MR) is 148 cm³/mol. The first-order valence-corrected chi connectivity index (χ1v) is 11.8. The molecule has 0 aliphatic heterocycles. The van der Waals surface area contributed by atoms with Crippen molar-refractivity contribution >= 4 is 45.3 Å². The Labute approximate surface area is 225 Å². The molecule has 4 aromatic carbocycles. The minimum absolute atomic E-state index is 0.0917. The molecule has 12 heteroatoms. The number of aromatic nitrogens is 1. The number of nitrogens with zero attached hydrogens (tertiary/aromatic N) is 4. The van der Waals surface area contributed by atoms with Crippen LogP contribution in [0.15, 0.2) is 101 Å². The average Bonchev–Trinajstić information content (AvgIpc) is 2.95. The van der Waals surface area contributed by atoms with Crippen molar-refractivity contribution < 1.29 is 19.4 Å². The van der Waals surface area contributed by atoms with E-state index in [1.54, 1.807) is 71.3 Å². The maximum Gasteiger partial charge on any atom is 0.318 e. The second-order valence-corrected chi connectivity index (χ2v) is 8.58. The summed E-state index contributed by atoms with van der Waals surface area (Å²) in [6.07, 6.45) is 1.37. The van der Waals surface area contributed by atoms with Crippen molar-refractivity contribution in [2.24, 2.45) is 5.10 Å². The van der Waals surface area contributed by atoms with E-state index < -0.39 is 27.1 Å². The van der Waals surface area contributed by atoms with Crippen LogP contribution in [0.1, 0.15) is 5.56 Å². The Morgan fingerprint density at radius 2 is 1.55 bits per heavy atom. The summed E-state index contributed by atoms with van der Waals surface area (Å²) in [5.74, 6) is -0.374. The van der Waals surface area contributed by atoms with E-state index in [1.165, 1.54) is 12.3 Å². The molecular formula is C28H19N5O7. The summed E-state index contributed by atoms with van der Waals surface area (Å²) in [6, 6.07) is 23.6. The van der Waals surface area contributed by atoms with Gasteiger partial charge in [0.05, 0.1) is 33.2 Å². The fourth-order valence-electron chi connectivity index (χ4n) is 4.24. The van der Waals surface area contributed by atoms with Crippen molar-refractivity contribution in [3.05, 3.63) is 127 Å². The predicted octanol–water partition coefficient (Wildman–Crippen LogP) is 4.91. The van der Waals surface area contributed by atoms with E-state index in [0.29, 0.717) is 27.4 Å². The molecule has 40 heavy (non-hydrogen) atoms. The van der Waals surface area contributed by atoms with E-state index in [0.717, 1.165) is 18.2 Å². The van der Waals surface area contributed by atoms with E-state index in [2.05, 4.69) is 10.5 Å². The minimum atomic E-state index is -0.766. The smallest absolute Gasteiger partial charge is 0.318 e. The number of para-hydroxylation sites is 2. The summed E-state index contributed by atoms with van der Waals surface area (Å²) in [5, 5.41) is 27.3. The number of rotatable bonds is 8. The number of carbonyl (C=O) groups is 1. The molecule has 0 saturated heterocycles. The zero-order valence-electron chi connectivity index (χ0n) is 20.6. The second kappa shape index (κ2) is 10.8. The summed E-state index contributed by atoms with van der Waals surface area (Å²) >= 11 is 0. The van der Waals surface area contributed by atoms with E-state index in [9.17, 15) is 29.8 Å². The zero-order chi connectivity index (χ0) is 28.2. The Morgan fingerprint density at radius 1 is 0.875 bits per heavy atom. The fourth-order valence-corrected chi connectivity index (χ4v) is 4.24. The van der Waals surface area contributed by atoms with E-state index >= 15 is 0 Å². The molecule has 0 bridgehead atoms. The summed E-state index contributed by atoms with van der Waals surface area (Å²) in [4.78, 5) is 46.5. The summed E-state index contributed by atoms with van der Waals surface area (Å²) < 4.78 is 7.35. The van der Waals surface area contributed by atoms with E-state index in [4.69, 9.17) is 4.74 Å². The number of carbonyl (C=O) groups excluding carboxylic acids is 1. The number of amides is 1. The number of nitro benzene ring substituents is 2. The minimum Gasteiger partial charge on any atom is -0.450 e. The van der Waals surface area contributed by atoms with Gasteiger partial charge in [0.25, 0.3) is 11.6 Å². The lowest BCUT2D eigenvalue weighted by molar-refractivity contribution is -0.394. The standard InChI is InChI=1S/C28H19N5O7/c34-27(17-31-23-10-3-1-8-21(23)28(35)22-9-2-4-11-24(22)31)30-29-16-18-6-5-7-20(14-18)40-26-13-12-19(32(36)37)15-25(26)33(38)39/h1-16H,17H2,(H,30,34). The van der Waals surface area contributed by atoms with Crippen LogP contribution in [-0.4, -0.2) is 26.5 Å². The Morgan fingerprint density at radius 3 is 2.20 bits per heavy atom. The Balaban J connectivity index is 1.33. The number of hydrogen-bond acceptors (Lipinski definition) is 8. The molecule has 5 rings (SSSR count). The highest BCUT2D eigenvalue weighted by Crippen LogP contribution is 2.34. The number of nitro groups is 2. The van der Waals surface area contributed by atoms with Gasteiger partial charge in [0.15, 0.2) is 5.43 Å². The molecule has 0 spiro atoms. The van der Waals surface area contributed by atoms with Crippen LogP contribution in [0, 0.1) is 20.2 Å². The van der Waals surface area contributed by atoms with Gasteiger partial charge in [-0.25, -0.2) is 5.43 Å². The number of hydrazone groups is 1. The lowest BCUT2D eigenvalue weighted by Gasteiger charge is -2.14. The molecule has 1 heterocycles. The first-order valence-electron chi connectivity index (χ1n) is 11.8. The number of ether oxygens (including phenoxy) is 1. The SMILES string of the molecule is O=C(Cn1c2ccccc2c(=O)c2ccccc21)NN=Cc1cccc(Oc2ccc([N+](=O)[O-])cc2[N+](=O)[O-])c1. The highest BCUT2D eigenvalue weighted by Gasteiger charge is 2.21. The van der Waals surface area contributed by atoms with Crippen LogP contribution in [0.4, 0.5) is 11.4 Å². The van der Waals surface area contributed by atoms with Crippen LogP contribution >= 0.6 is 0 Å². The number of benzene rings is 4. The van der Waals surface area contributed by atoms with Gasteiger partial charge in [-0.15, -0.1) is 0 Å². The Kier molecular flexibility index (Phi) is 6.97. The first kappa shape index (κ1) is 25.7. The molecule has 198 valence electrons. The van der Waals surface area contributed by atoms with Crippen molar-refractivity contribution in [2.75, 3.05) is 0 Å². The van der Waals surface area contributed by atoms with E-state index in [-0.39, 0.29) is 23.5 Å². The summed E-state index contributed by atoms with van der Waals surface area (Å²) in [7, 11) is 0. The van der Waals surface area contributed by atoms with Crippen molar-refractivity contribution in [1.82, 2.24) is 9.99 Å². The van der Waals surface area contributed by atoms with Gasteiger partial charge in [-0.2, -0.15) is 5.10 Å². The van der Waals surface area contributed by atoms with Gasteiger partial charge < -0.3 is 9.30 Å². The topological polar surface area (TPSA) is 159 Å². The van der Waals surface area contributed by atoms with Gasteiger partial charge in [0.2, 0.25) is 5.75 Å². The third kappa shape index (κ3) is 5.22. The summed E-state index contributed by atoms with van der Waals surface area (Å²) in [6.45, 7) is -0.0917. The molecule has 1 aromatic heterocycles. The highest BCUT2D eigenvalue weighted by atomic mass is 16.6. The average molecular weight is 537 g/mol. The van der Waals surface area contributed by atoms with Gasteiger partial charge in [0, 0.05) is 16.8 Å². The molecule has 1 N–H and O–H groups in total. The first-order chi connectivity index (χ1) is 19.3. The third-order valence-corrected chi connectivity index (χ3v) is 6.02. The van der Waals surface area contributed by atoms with Gasteiger partial charge in [-0.05, 0) is 48.0 Å². The Bertz CT molecular complexity index is 1840. The molecule has 12 nitrogen and oxygen atoms in total. The quantitative estimate of drug-likeness (QED) is 0.127. The molecule has 0 saturated carbocycles. The van der Waals surface area contributed by atoms with Gasteiger partial charge >= 0.3 is 5.69 Å². The van der Waals surface area contributed by atoms with Crippen molar-refractivity contribution in [3.8, 4) is 11.5 Å². The molecule has 0 unspecified atom stereocenters. The summed E-state index contributed by atoms with van der Waals surface area (Å²) in [5.41, 5.74) is 3.13. The molecule has 1 amide bonds. The van der Waals surface area contributed by atoms with Crippen molar-refractivity contribution in [2.45, 2.75) is 6.54 Å². The molecule has 0 atom stereocenters. The molecule has 0 fully saturated rings. The van der Waals surface area contributed by atoms with Crippen molar-refractivity contribution in [3.63, 3.8) is 0 Å². The zero-order valence-corrected chi connectivity index (χ0v) is 20.6. The number of fused-ring (bicyclic) bond motifs is 2. The fraction of sp³-hybridized carbons (Fsp3) is 0.0357. The molecule has 5 aromatic rings. The molecule has 0 aliphatic carbocycles. The molecule has 0 radical (unpaired) electrons. The third-order valence-electron chi connectivity index (χ3n) is 6.02. The second-order valence-electron chi connectivity index (χ2n) is 8.58. The largest absolute Gasteiger partial charge is 0.450 e. The van der Waals surface area contributed by atoms with Gasteiger partial charge in [0.1, 0.15) is 12.3 Å². The monoisotopic (exact) mass is 537 g/mol. The lowest BCUT2D eigenvalue weighted by Crippen LogP contribution is -2.25. The maximum atomic E-state index is 12.9. The van der Waals surface area contributed by atoms with Crippen LogP contribution in [0.3, 0.4) is 0 Å².